The molecular weight excluding hydrogens is 239 g/mol. The number of hydrogen-bond donors (Lipinski definition) is 2. The second-order valence-electron chi connectivity index (χ2n) is 2.54. The lowest BCUT2D eigenvalue weighted by Gasteiger charge is -2.09. The van der Waals surface area contributed by atoms with Crippen molar-refractivity contribution in [2.24, 2.45) is 11.5 Å². The summed E-state index contributed by atoms with van der Waals surface area (Å²) in [5, 5.41) is 0.670. The van der Waals surface area contributed by atoms with E-state index in [1.54, 1.807) is 0 Å². The number of hydrogen-bond acceptors (Lipinski definition) is 2. The normalized spacial score (nSPS) is 13.0. The number of halogens is 2. The van der Waals surface area contributed by atoms with E-state index in [0.717, 1.165) is 10.0 Å². The number of nitrogens with two attached hydrogens (primary N) is 2. The third-order valence-corrected chi connectivity index (χ3v) is 2.24. The van der Waals surface area contributed by atoms with Gasteiger partial charge in [0.05, 0.1) is 0 Å². The maximum atomic E-state index is 5.82. The van der Waals surface area contributed by atoms with Crippen LogP contribution >= 0.6 is 27.5 Å². The molecular formula is C8H10BrClN2. The van der Waals surface area contributed by atoms with Crippen LogP contribution in [-0.2, 0) is 0 Å². The first-order valence-electron chi connectivity index (χ1n) is 3.55. The molecule has 1 atom stereocenters. The molecule has 0 saturated heterocycles. The summed E-state index contributed by atoms with van der Waals surface area (Å²) in [4.78, 5) is 0. The minimum atomic E-state index is -0.139. The molecule has 0 bridgehead atoms. The fourth-order valence-electron chi connectivity index (χ4n) is 0.925. The van der Waals surface area contributed by atoms with E-state index in [2.05, 4.69) is 15.9 Å². The molecule has 0 aliphatic carbocycles. The van der Waals surface area contributed by atoms with E-state index >= 15 is 0 Å². The summed E-state index contributed by atoms with van der Waals surface area (Å²) in [5.41, 5.74) is 12.1. The van der Waals surface area contributed by atoms with Gasteiger partial charge in [-0.3, -0.25) is 0 Å². The molecule has 1 aromatic rings. The van der Waals surface area contributed by atoms with Crippen molar-refractivity contribution in [2.45, 2.75) is 6.04 Å². The molecule has 0 aliphatic heterocycles. The van der Waals surface area contributed by atoms with Gasteiger partial charge in [-0.25, -0.2) is 0 Å². The Hall–Kier alpha value is -0.0900. The highest BCUT2D eigenvalue weighted by atomic mass is 79.9. The largest absolute Gasteiger partial charge is 0.329 e. The van der Waals surface area contributed by atoms with Crippen molar-refractivity contribution in [3.05, 3.63) is 33.3 Å². The third kappa shape index (κ3) is 2.45. The topological polar surface area (TPSA) is 52.0 Å². The van der Waals surface area contributed by atoms with Crippen molar-refractivity contribution in [3.63, 3.8) is 0 Å². The average Bonchev–Trinajstić information content (AvgIpc) is 2.01. The fourth-order valence-corrected chi connectivity index (χ4v) is 1.81. The van der Waals surface area contributed by atoms with Crippen LogP contribution in [0.4, 0.5) is 0 Å². The van der Waals surface area contributed by atoms with E-state index < -0.39 is 0 Å². The third-order valence-electron chi connectivity index (χ3n) is 1.57. The van der Waals surface area contributed by atoms with Gasteiger partial charge in [0.25, 0.3) is 0 Å². The van der Waals surface area contributed by atoms with Crippen molar-refractivity contribution in [1.82, 2.24) is 0 Å². The van der Waals surface area contributed by atoms with Gasteiger partial charge in [0.2, 0.25) is 0 Å². The van der Waals surface area contributed by atoms with Crippen LogP contribution in [0.2, 0.25) is 5.02 Å². The summed E-state index contributed by atoms with van der Waals surface area (Å²) in [6, 6.07) is 5.42. The maximum absolute atomic E-state index is 5.82. The van der Waals surface area contributed by atoms with Gasteiger partial charge in [-0.15, -0.1) is 0 Å². The first kappa shape index (κ1) is 9.99. The quantitative estimate of drug-likeness (QED) is 0.843. The van der Waals surface area contributed by atoms with E-state index in [9.17, 15) is 0 Å². The second kappa shape index (κ2) is 4.23. The lowest BCUT2D eigenvalue weighted by Crippen LogP contribution is -2.20. The molecule has 0 aliphatic rings. The molecule has 12 heavy (non-hydrogen) atoms. The Morgan fingerprint density at radius 2 is 2.08 bits per heavy atom. The smallest absolute Gasteiger partial charge is 0.0420 e. The zero-order valence-corrected chi connectivity index (χ0v) is 8.77. The van der Waals surface area contributed by atoms with Gasteiger partial charge in [-0.1, -0.05) is 27.5 Å². The Bertz CT molecular complexity index is 258. The number of rotatable bonds is 2. The van der Waals surface area contributed by atoms with Crippen LogP contribution in [0.1, 0.15) is 11.6 Å². The van der Waals surface area contributed by atoms with Crippen molar-refractivity contribution >= 4 is 27.5 Å². The first-order valence-corrected chi connectivity index (χ1v) is 4.72. The van der Waals surface area contributed by atoms with E-state index in [0.29, 0.717) is 11.6 Å². The van der Waals surface area contributed by atoms with Crippen molar-refractivity contribution in [3.8, 4) is 0 Å². The lowest BCUT2D eigenvalue weighted by atomic mass is 10.1. The predicted molar refractivity (Wildman–Crippen MR) is 55.1 cm³/mol. The van der Waals surface area contributed by atoms with Crippen LogP contribution in [-0.4, -0.2) is 6.54 Å². The molecule has 0 fully saturated rings. The molecule has 1 unspecified atom stereocenters. The lowest BCUT2D eigenvalue weighted by molar-refractivity contribution is 0.737. The van der Waals surface area contributed by atoms with Crippen LogP contribution in [0.25, 0.3) is 0 Å². The van der Waals surface area contributed by atoms with Crippen molar-refractivity contribution in [2.75, 3.05) is 6.54 Å². The predicted octanol–water partition coefficient (Wildman–Crippen LogP) is 2.06. The molecule has 0 amide bonds. The molecule has 0 heterocycles. The van der Waals surface area contributed by atoms with Crippen LogP contribution in [0.3, 0.4) is 0 Å². The van der Waals surface area contributed by atoms with Gasteiger partial charge < -0.3 is 11.5 Å². The van der Waals surface area contributed by atoms with Gasteiger partial charge in [-0.2, -0.15) is 0 Å². The highest BCUT2D eigenvalue weighted by Crippen LogP contribution is 2.22. The van der Waals surface area contributed by atoms with Crippen LogP contribution < -0.4 is 11.5 Å². The highest BCUT2D eigenvalue weighted by Gasteiger charge is 2.04. The van der Waals surface area contributed by atoms with E-state index in [-0.39, 0.29) is 6.04 Å². The van der Waals surface area contributed by atoms with Gasteiger partial charge in [0, 0.05) is 22.1 Å². The van der Waals surface area contributed by atoms with E-state index in [4.69, 9.17) is 23.1 Å². The van der Waals surface area contributed by atoms with Crippen molar-refractivity contribution < 1.29 is 0 Å². The highest BCUT2D eigenvalue weighted by molar-refractivity contribution is 9.10. The Balaban J connectivity index is 3.00. The van der Waals surface area contributed by atoms with Gasteiger partial charge in [0.1, 0.15) is 0 Å². The minimum absolute atomic E-state index is 0.139. The average molecular weight is 250 g/mol. The van der Waals surface area contributed by atoms with Crippen LogP contribution in [0.15, 0.2) is 22.7 Å². The van der Waals surface area contributed by atoms with Crippen molar-refractivity contribution in [1.29, 1.82) is 0 Å². The summed E-state index contributed by atoms with van der Waals surface area (Å²) >= 11 is 9.15. The summed E-state index contributed by atoms with van der Waals surface area (Å²) in [7, 11) is 0. The first-order chi connectivity index (χ1) is 5.63. The van der Waals surface area contributed by atoms with Crippen LogP contribution in [0.5, 0.6) is 0 Å². The molecule has 66 valence electrons. The number of benzene rings is 1. The Morgan fingerprint density at radius 3 is 2.58 bits per heavy atom. The fraction of sp³-hybridized carbons (Fsp3) is 0.250. The Labute approximate surface area is 85.0 Å². The standard InChI is InChI=1S/C8H10BrClN2/c9-6-1-5(8(12)4-11)2-7(10)3-6/h1-3,8H,4,11-12H2. The Morgan fingerprint density at radius 1 is 1.42 bits per heavy atom. The molecule has 0 spiro atoms. The minimum Gasteiger partial charge on any atom is -0.329 e. The molecule has 0 aromatic heterocycles. The molecule has 1 aromatic carbocycles. The van der Waals surface area contributed by atoms with Gasteiger partial charge in [-0.05, 0) is 23.8 Å². The molecule has 2 nitrogen and oxygen atoms in total. The second-order valence-corrected chi connectivity index (χ2v) is 3.90. The summed E-state index contributed by atoms with van der Waals surface area (Å²) in [6.45, 7) is 0.423. The van der Waals surface area contributed by atoms with E-state index in [1.807, 2.05) is 18.2 Å². The summed E-state index contributed by atoms with van der Waals surface area (Å²) in [5.74, 6) is 0. The molecule has 4 heteroatoms. The maximum Gasteiger partial charge on any atom is 0.0420 e. The molecule has 0 saturated carbocycles. The molecule has 0 radical (unpaired) electrons. The zero-order chi connectivity index (χ0) is 9.14. The Kier molecular flexibility index (Phi) is 3.53. The molecule has 1 rings (SSSR count). The zero-order valence-electron chi connectivity index (χ0n) is 6.43. The van der Waals surface area contributed by atoms with Gasteiger partial charge in [0.15, 0.2) is 0 Å². The molecule has 4 N–H and O–H groups in total. The van der Waals surface area contributed by atoms with Gasteiger partial charge >= 0.3 is 0 Å². The van der Waals surface area contributed by atoms with Crippen LogP contribution in [0, 0.1) is 0 Å². The summed E-state index contributed by atoms with van der Waals surface area (Å²) < 4.78 is 0.925. The van der Waals surface area contributed by atoms with E-state index in [1.165, 1.54) is 0 Å². The monoisotopic (exact) mass is 248 g/mol. The summed E-state index contributed by atoms with van der Waals surface area (Å²) in [6.07, 6.45) is 0. The SMILES string of the molecule is NCC(N)c1cc(Cl)cc(Br)c1.